The van der Waals surface area contributed by atoms with Crippen molar-refractivity contribution in [1.29, 1.82) is 0 Å². The first-order valence-electron chi connectivity index (χ1n) is 7.19. The number of ether oxygens (including phenoxy) is 2. The molecule has 0 bridgehead atoms. The Morgan fingerprint density at radius 3 is 2.42 bits per heavy atom. The quantitative estimate of drug-likeness (QED) is 0.756. The molecule has 0 spiro atoms. The van der Waals surface area contributed by atoms with Crippen LogP contribution in [0.25, 0.3) is 0 Å². The van der Waals surface area contributed by atoms with Gasteiger partial charge in [-0.3, -0.25) is 0 Å². The average Bonchev–Trinajstić information content (AvgIpc) is 2.47. The minimum Gasteiger partial charge on any atom is -0.486 e. The van der Waals surface area contributed by atoms with E-state index in [0.29, 0.717) is 6.61 Å². The van der Waals surface area contributed by atoms with E-state index in [1.165, 1.54) is 32.4 Å². The molecule has 0 radical (unpaired) electrons. The van der Waals surface area contributed by atoms with Gasteiger partial charge in [0.2, 0.25) is 0 Å². The molecule has 1 fully saturated rings. The van der Waals surface area contributed by atoms with Gasteiger partial charge >= 0.3 is 0 Å². The van der Waals surface area contributed by atoms with Gasteiger partial charge in [0.25, 0.3) is 0 Å². The molecule has 1 aliphatic heterocycles. The molecule has 0 unspecified atom stereocenters. The lowest BCUT2D eigenvalue weighted by atomic mass is 10.1. The lowest BCUT2D eigenvalue weighted by Gasteiger charge is -2.23. The van der Waals surface area contributed by atoms with Crippen LogP contribution in [0, 0.1) is 0 Å². The fraction of sp³-hybridized carbons (Fsp3) is 0.500. The molecule has 1 heterocycles. The highest BCUT2D eigenvalue weighted by Crippen LogP contribution is 2.26. The van der Waals surface area contributed by atoms with E-state index in [0.717, 1.165) is 24.7 Å². The number of hydrogen-bond donors (Lipinski definition) is 1. The molecule has 1 aliphatic rings. The number of rotatable bonds is 7. The van der Waals surface area contributed by atoms with Crippen LogP contribution in [0.1, 0.15) is 19.3 Å². The van der Waals surface area contributed by atoms with Crippen LogP contribution in [0.2, 0.25) is 0 Å². The number of piperidine rings is 1. The third-order valence-electron chi connectivity index (χ3n) is 3.48. The molecule has 0 amide bonds. The van der Waals surface area contributed by atoms with Gasteiger partial charge < -0.3 is 14.4 Å². The SMILES string of the molecule is C=CCOc1ccccc1OCC[NH+]1CCCCC1. The standard InChI is InChI=1S/C16H23NO2/c1-2-13-18-15-8-4-5-9-16(15)19-14-12-17-10-6-3-7-11-17/h2,4-5,8-9H,1,3,6-7,10-14H2/p+1. The Morgan fingerprint density at radius 1 is 1.05 bits per heavy atom. The Kier molecular flexibility index (Phi) is 5.76. The summed E-state index contributed by atoms with van der Waals surface area (Å²) < 4.78 is 11.4. The summed E-state index contributed by atoms with van der Waals surface area (Å²) in [5.41, 5.74) is 0. The van der Waals surface area contributed by atoms with Gasteiger partial charge in [-0.25, -0.2) is 0 Å². The van der Waals surface area contributed by atoms with Crippen LogP contribution in [0.5, 0.6) is 11.5 Å². The number of para-hydroxylation sites is 2. The van der Waals surface area contributed by atoms with Crippen LogP contribution in [0.15, 0.2) is 36.9 Å². The lowest BCUT2D eigenvalue weighted by molar-refractivity contribution is -0.904. The summed E-state index contributed by atoms with van der Waals surface area (Å²) in [6.45, 7) is 8.58. The number of nitrogens with one attached hydrogen (secondary N) is 1. The molecule has 19 heavy (non-hydrogen) atoms. The average molecular weight is 262 g/mol. The van der Waals surface area contributed by atoms with Crippen molar-refractivity contribution in [1.82, 2.24) is 0 Å². The van der Waals surface area contributed by atoms with Crippen molar-refractivity contribution in [2.45, 2.75) is 19.3 Å². The normalized spacial score (nSPS) is 16.0. The first-order valence-corrected chi connectivity index (χ1v) is 7.19. The fourth-order valence-electron chi connectivity index (χ4n) is 2.44. The Balaban J connectivity index is 1.79. The fourth-order valence-corrected chi connectivity index (χ4v) is 2.44. The molecule has 1 saturated heterocycles. The molecule has 104 valence electrons. The van der Waals surface area contributed by atoms with Gasteiger partial charge in [-0.1, -0.05) is 24.8 Å². The summed E-state index contributed by atoms with van der Waals surface area (Å²) in [7, 11) is 0. The third-order valence-corrected chi connectivity index (χ3v) is 3.48. The van der Waals surface area contributed by atoms with E-state index in [1.54, 1.807) is 11.0 Å². The maximum Gasteiger partial charge on any atom is 0.161 e. The topological polar surface area (TPSA) is 22.9 Å². The van der Waals surface area contributed by atoms with Gasteiger partial charge in [-0.2, -0.15) is 0 Å². The monoisotopic (exact) mass is 262 g/mol. The Hall–Kier alpha value is -1.48. The predicted octanol–water partition coefficient (Wildman–Crippen LogP) is 1.70. The second kappa shape index (κ2) is 7.85. The summed E-state index contributed by atoms with van der Waals surface area (Å²) >= 11 is 0. The number of hydrogen-bond acceptors (Lipinski definition) is 2. The summed E-state index contributed by atoms with van der Waals surface area (Å²) in [6, 6.07) is 7.83. The minimum absolute atomic E-state index is 0.512. The lowest BCUT2D eigenvalue weighted by Crippen LogP contribution is -3.13. The van der Waals surface area contributed by atoms with Crippen molar-refractivity contribution in [3.63, 3.8) is 0 Å². The molecule has 1 N–H and O–H groups in total. The number of quaternary nitrogens is 1. The summed E-state index contributed by atoms with van der Waals surface area (Å²) in [5, 5.41) is 0. The van der Waals surface area contributed by atoms with Gasteiger partial charge in [0.1, 0.15) is 19.8 Å². The third kappa shape index (κ3) is 4.60. The maximum absolute atomic E-state index is 5.86. The van der Waals surface area contributed by atoms with Crippen LogP contribution in [-0.2, 0) is 0 Å². The van der Waals surface area contributed by atoms with Crippen LogP contribution in [0.3, 0.4) is 0 Å². The summed E-state index contributed by atoms with van der Waals surface area (Å²) in [6.07, 6.45) is 5.85. The van der Waals surface area contributed by atoms with Crippen LogP contribution >= 0.6 is 0 Å². The first-order chi connectivity index (χ1) is 9.40. The molecular formula is C16H24NO2+. The van der Waals surface area contributed by atoms with Crippen LogP contribution in [0.4, 0.5) is 0 Å². The van der Waals surface area contributed by atoms with E-state index in [4.69, 9.17) is 9.47 Å². The highest BCUT2D eigenvalue weighted by molar-refractivity contribution is 5.39. The largest absolute Gasteiger partial charge is 0.486 e. The molecule has 2 rings (SSSR count). The molecule has 3 heteroatoms. The second-order valence-corrected chi connectivity index (χ2v) is 4.96. The predicted molar refractivity (Wildman–Crippen MR) is 77.0 cm³/mol. The zero-order chi connectivity index (χ0) is 13.3. The van der Waals surface area contributed by atoms with Crippen LogP contribution < -0.4 is 14.4 Å². The van der Waals surface area contributed by atoms with Gasteiger partial charge in [0.05, 0.1) is 13.1 Å². The zero-order valence-corrected chi connectivity index (χ0v) is 11.6. The molecular weight excluding hydrogens is 238 g/mol. The van der Waals surface area contributed by atoms with Crippen molar-refractivity contribution in [3.05, 3.63) is 36.9 Å². The van der Waals surface area contributed by atoms with Crippen molar-refractivity contribution < 1.29 is 14.4 Å². The van der Waals surface area contributed by atoms with E-state index in [2.05, 4.69) is 6.58 Å². The second-order valence-electron chi connectivity index (χ2n) is 4.96. The molecule has 0 aliphatic carbocycles. The van der Waals surface area contributed by atoms with Crippen LogP contribution in [-0.4, -0.2) is 32.8 Å². The van der Waals surface area contributed by atoms with Gasteiger partial charge in [-0.15, -0.1) is 0 Å². The van der Waals surface area contributed by atoms with Gasteiger partial charge in [0.15, 0.2) is 11.5 Å². The van der Waals surface area contributed by atoms with Crippen molar-refractivity contribution >= 4 is 0 Å². The van der Waals surface area contributed by atoms with Crippen molar-refractivity contribution in [2.75, 3.05) is 32.8 Å². The molecule has 1 aromatic carbocycles. The summed E-state index contributed by atoms with van der Waals surface area (Å²) in [5.74, 6) is 1.64. The Bertz CT molecular complexity index is 386. The highest BCUT2D eigenvalue weighted by atomic mass is 16.5. The van der Waals surface area contributed by atoms with Gasteiger partial charge in [-0.05, 0) is 31.4 Å². The summed E-state index contributed by atoms with van der Waals surface area (Å²) in [4.78, 5) is 1.66. The van der Waals surface area contributed by atoms with E-state index >= 15 is 0 Å². The van der Waals surface area contributed by atoms with E-state index in [1.807, 2.05) is 24.3 Å². The van der Waals surface area contributed by atoms with E-state index in [9.17, 15) is 0 Å². The van der Waals surface area contributed by atoms with E-state index in [-0.39, 0.29) is 0 Å². The Labute approximate surface area is 115 Å². The van der Waals surface area contributed by atoms with Crippen molar-refractivity contribution in [2.24, 2.45) is 0 Å². The molecule has 0 saturated carbocycles. The minimum atomic E-state index is 0.512. The molecule has 0 aromatic heterocycles. The highest BCUT2D eigenvalue weighted by Gasteiger charge is 2.13. The van der Waals surface area contributed by atoms with Crippen molar-refractivity contribution in [3.8, 4) is 11.5 Å². The molecule has 1 aromatic rings. The first kappa shape index (κ1) is 13.9. The smallest absolute Gasteiger partial charge is 0.161 e. The van der Waals surface area contributed by atoms with Gasteiger partial charge in [0, 0.05) is 0 Å². The van der Waals surface area contributed by atoms with E-state index < -0.39 is 0 Å². The maximum atomic E-state index is 5.86. The number of benzene rings is 1. The Morgan fingerprint density at radius 2 is 1.74 bits per heavy atom. The number of likely N-dealkylation sites (tertiary alicyclic amines) is 1. The molecule has 0 atom stereocenters. The zero-order valence-electron chi connectivity index (χ0n) is 11.6. The molecule has 3 nitrogen and oxygen atoms in total.